The zero-order chi connectivity index (χ0) is 28.1. The number of carbonyl (C=O) groups excluding carboxylic acids is 4. The number of carbonyl (C=O) groups is 4. The number of benzene rings is 2. The molecule has 0 bridgehead atoms. The highest BCUT2D eigenvalue weighted by Crippen LogP contribution is 2.32. The van der Waals surface area contributed by atoms with E-state index in [-0.39, 0.29) is 36.6 Å². The molecule has 1 unspecified atom stereocenters. The van der Waals surface area contributed by atoms with Crippen molar-refractivity contribution < 1.29 is 23.9 Å². The Morgan fingerprint density at radius 3 is 2.60 bits per heavy atom. The van der Waals surface area contributed by atoms with Crippen LogP contribution in [0.1, 0.15) is 45.6 Å². The zero-order valence-electron chi connectivity index (χ0n) is 22.4. The maximum Gasteiger partial charge on any atom is 0.410 e. The van der Waals surface area contributed by atoms with Crippen LogP contribution in [-0.2, 0) is 29.0 Å². The van der Waals surface area contributed by atoms with Gasteiger partial charge in [-0.2, -0.15) is 5.10 Å². The fourth-order valence-electron chi connectivity index (χ4n) is 6.05. The van der Waals surface area contributed by atoms with Crippen LogP contribution < -0.4 is 11.1 Å². The molecule has 12 nitrogen and oxygen atoms in total. The highest BCUT2D eigenvalue weighted by Gasteiger charge is 2.37. The molecule has 4 N–H and O–H groups in total. The standard InChI is InChI=1S/C28H31N7O5/c1-15-11-17-12-21(26(37)33(2)14-19(17)22-23(15)31-32-24(22)25(29)36)40-28(39)34-9-7-18(8-10-34)35-13-16-5-3-4-6-20(16)30-27(35)38/h3-6,11,18,21H,7-10,12-14H2,1-2H3,(H2,29,36)(H,30,38)(H,31,32). The molecule has 40 heavy (non-hydrogen) atoms. The number of aryl methyl sites for hydroxylation is 1. The van der Waals surface area contributed by atoms with Gasteiger partial charge >= 0.3 is 12.1 Å². The lowest BCUT2D eigenvalue weighted by molar-refractivity contribution is -0.139. The smallest absolute Gasteiger partial charge is 0.410 e. The summed E-state index contributed by atoms with van der Waals surface area (Å²) in [7, 11) is 1.64. The van der Waals surface area contributed by atoms with Gasteiger partial charge in [0.1, 0.15) is 5.69 Å². The van der Waals surface area contributed by atoms with Crippen molar-refractivity contribution in [3.8, 4) is 0 Å². The van der Waals surface area contributed by atoms with Crippen molar-refractivity contribution in [3.05, 3.63) is 58.3 Å². The van der Waals surface area contributed by atoms with Crippen molar-refractivity contribution in [1.82, 2.24) is 24.9 Å². The average molecular weight is 546 g/mol. The molecule has 0 saturated carbocycles. The molecule has 2 aromatic carbocycles. The minimum Gasteiger partial charge on any atom is -0.436 e. The van der Waals surface area contributed by atoms with Crippen molar-refractivity contribution in [1.29, 1.82) is 0 Å². The largest absolute Gasteiger partial charge is 0.436 e. The molecule has 12 heteroatoms. The van der Waals surface area contributed by atoms with Crippen LogP contribution in [0.5, 0.6) is 0 Å². The predicted octanol–water partition coefficient (Wildman–Crippen LogP) is 2.50. The SMILES string of the molecule is Cc1cc2c(c3c(C(N)=O)[nH]nc13)CN(C)C(=O)C(OC(=O)N1CCC(N3Cc4ccccc4NC3=O)CC1)C2. The number of H-pyrrole nitrogens is 1. The molecule has 0 radical (unpaired) electrons. The van der Waals surface area contributed by atoms with Crippen LogP contribution in [0.2, 0.25) is 0 Å². The molecule has 208 valence electrons. The Kier molecular flexibility index (Phi) is 6.32. The number of likely N-dealkylation sites (N-methyl/N-ethyl adjacent to an activating group) is 1. The van der Waals surface area contributed by atoms with E-state index in [1.54, 1.807) is 11.9 Å². The van der Waals surface area contributed by atoms with Gasteiger partial charge in [-0.05, 0) is 48.1 Å². The van der Waals surface area contributed by atoms with Crippen molar-refractivity contribution in [2.24, 2.45) is 5.73 Å². The Bertz CT molecular complexity index is 1540. The van der Waals surface area contributed by atoms with Crippen LogP contribution in [0.15, 0.2) is 30.3 Å². The van der Waals surface area contributed by atoms with Crippen molar-refractivity contribution >= 4 is 40.5 Å². The maximum atomic E-state index is 13.3. The number of rotatable bonds is 3. The first kappa shape index (κ1) is 25.7. The molecule has 0 spiro atoms. The van der Waals surface area contributed by atoms with Gasteiger partial charge in [0, 0.05) is 56.8 Å². The van der Waals surface area contributed by atoms with E-state index in [4.69, 9.17) is 10.5 Å². The topological polar surface area (TPSA) is 154 Å². The molecule has 5 amide bonds. The minimum absolute atomic E-state index is 0.00488. The second kappa shape index (κ2) is 9.85. The highest BCUT2D eigenvalue weighted by molar-refractivity contribution is 6.06. The number of aromatic amines is 1. The van der Waals surface area contributed by atoms with E-state index in [2.05, 4.69) is 15.5 Å². The van der Waals surface area contributed by atoms with Crippen LogP contribution >= 0.6 is 0 Å². The number of nitrogens with zero attached hydrogens (tertiary/aromatic N) is 4. The Labute approximate surface area is 230 Å². The monoisotopic (exact) mass is 545 g/mol. The molecule has 3 aliphatic rings. The first-order chi connectivity index (χ1) is 19.2. The summed E-state index contributed by atoms with van der Waals surface area (Å²) in [6, 6.07) is 9.52. The Morgan fingerprint density at radius 1 is 1.10 bits per heavy atom. The summed E-state index contributed by atoms with van der Waals surface area (Å²) in [6.45, 7) is 3.46. The maximum absolute atomic E-state index is 13.3. The van der Waals surface area contributed by atoms with Gasteiger partial charge in [-0.3, -0.25) is 14.7 Å². The summed E-state index contributed by atoms with van der Waals surface area (Å²) < 4.78 is 5.80. The molecule has 1 aromatic heterocycles. The predicted molar refractivity (Wildman–Crippen MR) is 145 cm³/mol. The van der Waals surface area contributed by atoms with Gasteiger partial charge in [0.15, 0.2) is 6.10 Å². The van der Waals surface area contributed by atoms with E-state index in [1.807, 2.05) is 42.2 Å². The van der Waals surface area contributed by atoms with E-state index in [9.17, 15) is 19.2 Å². The quantitative estimate of drug-likeness (QED) is 0.460. The highest BCUT2D eigenvalue weighted by atomic mass is 16.6. The summed E-state index contributed by atoms with van der Waals surface area (Å²) in [5.74, 6) is -0.954. The molecular weight excluding hydrogens is 514 g/mol. The minimum atomic E-state index is -1.01. The zero-order valence-corrected chi connectivity index (χ0v) is 22.4. The second-order valence-corrected chi connectivity index (χ2v) is 10.7. The van der Waals surface area contributed by atoms with E-state index in [0.717, 1.165) is 27.9 Å². The number of anilines is 1. The number of primary amides is 1. The summed E-state index contributed by atoms with van der Waals surface area (Å²) >= 11 is 0. The molecule has 1 atom stereocenters. The van der Waals surface area contributed by atoms with Crippen molar-refractivity contribution in [2.45, 2.75) is 51.4 Å². The average Bonchev–Trinajstić information content (AvgIpc) is 3.36. The number of hydrogen-bond donors (Lipinski definition) is 3. The van der Waals surface area contributed by atoms with E-state index < -0.39 is 18.1 Å². The fourth-order valence-corrected chi connectivity index (χ4v) is 6.05. The van der Waals surface area contributed by atoms with Gasteiger partial charge in [-0.15, -0.1) is 0 Å². The Morgan fingerprint density at radius 2 is 1.85 bits per heavy atom. The molecule has 1 saturated heterocycles. The van der Waals surface area contributed by atoms with Crippen molar-refractivity contribution in [3.63, 3.8) is 0 Å². The molecule has 1 fully saturated rings. The normalized spacial score (nSPS) is 19.6. The van der Waals surface area contributed by atoms with Gasteiger partial charge in [-0.25, -0.2) is 9.59 Å². The Hall–Kier alpha value is -4.61. The van der Waals surface area contributed by atoms with Crippen LogP contribution in [0.3, 0.4) is 0 Å². The number of hydrogen-bond acceptors (Lipinski definition) is 6. The number of aromatic nitrogens is 2. The molecule has 3 aliphatic heterocycles. The van der Waals surface area contributed by atoms with Crippen molar-refractivity contribution in [2.75, 3.05) is 25.5 Å². The number of nitrogens with two attached hydrogens (primary N) is 1. The molecular formula is C28H31N7O5. The number of urea groups is 1. The third-order valence-corrected chi connectivity index (χ3v) is 8.19. The molecule has 0 aliphatic carbocycles. The van der Waals surface area contributed by atoms with Crippen LogP contribution in [-0.4, -0.2) is 81.1 Å². The van der Waals surface area contributed by atoms with E-state index in [1.165, 1.54) is 4.90 Å². The number of amides is 5. The number of nitrogens with one attached hydrogen (secondary N) is 2. The number of likely N-dealkylation sites (tertiary alicyclic amines) is 1. The van der Waals surface area contributed by atoms with Gasteiger partial charge in [0.05, 0.1) is 5.52 Å². The lowest BCUT2D eigenvalue weighted by Crippen LogP contribution is -2.51. The first-order valence-corrected chi connectivity index (χ1v) is 13.4. The first-order valence-electron chi connectivity index (χ1n) is 13.4. The molecule has 4 heterocycles. The van der Waals surface area contributed by atoms with Gasteiger partial charge in [0.25, 0.3) is 11.8 Å². The summed E-state index contributed by atoms with van der Waals surface area (Å²) in [4.78, 5) is 56.2. The van der Waals surface area contributed by atoms with E-state index in [0.29, 0.717) is 43.4 Å². The summed E-state index contributed by atoms with van der Waals surface area (Å²) in [5, 5.41) is 10.5. The van der Waals surface area contributed by atoms with Gasteiger partial charge < -0.3 is 30.5 Å². The van der Waals surface area contributed by atoms with Gasteiger partial charge in [0.2, 0.25) is 0 Å². The Balaban J connectivity index is 1.15. The lowest BCUT2D eigenvalue weighted by Gasteiger charge is -2.40. The fraction of sp³-hybridized carbons (Fsp3) is 0.393. The van der Waals surface area contributed by atoms with Crippen LogP contribution in [0.25, 0.3) is 10.9 Å². The van der Waals surface area contributed by atoms with Gasteiger partial charge in [-0.1, -0.05) is 24.3 Å². The number of piperidine rings is 1. The van der Waals surface area contributed by atoms with Crippen LogP contribution in [0, 0.1) is 6.92 Å². The molecule has 6 rings (SSSR count). The van der Waals surface area contributed by atoms with Crippen LogP contribution in [0.4, 0.5) is 15.3 Å². The second-order valence-electron chi connectivity index (χ2n) is 10.7. The third-order valence-electron chi connectivity index (χ3n) is 8.19. The van der Waals surface area contributed by atoms with E-state index >= 15 is 0 Å². The lowest BCUT2D eigenvalue weighted by atomic mass is 9.95. The summed E-state index contributed by atoms with van der Waals surface area (Å²) in [6.07, 6.45) is -0.171. The third kappa shape index (κ3) is 4.38. The number of ether oxygens (including phenoxy) is 1. The summed E-state index contributed by atoms with van der Waals surface area (Å²) in [5.41, 5.74) is 10.7. The number of para-hydroxylation sites is 1. The number of fused-ring (bicyclic) bond motifs is 4. The molecule has 3 aromatic rings.